The first-order valence-electron chi connectivity index (χ1n) is 9.36. The average Bonchev–Trinajstić information content (AvgIpc) is 3.14. The zero-order valence-electron chi connectivity index (χ0n) is 15.2. The third kappa shape index (κ3) is 5.23. The number of carbonyl (C=O) groups is 2. The van der Waals surface area contributed by atoms with Gasteiger partial charge in [0.25, 0.3) is 0 Å². The Morgan fingerprint density at radius 1 is 1.30 bits per heavy atom. The molecule has 2 aliphatic heterocycles. The highest BCUT2D eigenvalue weighted by Gasteiger charge is 2.42. The molecule has 1 aromatic heterocycles. The molecule has 0 bridgehead atoms. The maximum atomic E-state index is 12.4. The predicted octanol–water partition coefficient (Wildman–Crippen LogP) is 2.53. The molecule has 0 radical (unpaired) electrons. The van der Waals surface area contributed by atoms with Crippen LogP contribution in [0, 0.1) is 5.41 Å². The number of nitrogens with one attached hydrogen (secondary N) is 1. The first-order valence-corrected chi connectivity index (χ1v) is 9.36. The van der Waals surface area contributed by atoms with Gasteiger partial charge in [-0.15, -0.1) is 0 Å². The third-order valence-electron chi connectivity index (χ3n) is 5.59. The van der Waals surface area contributed by atoms with E-state index in [9.17, 15) is 22.8 Å². The van der Waals surface area contributed by atoms with E-state index in [0.29, 0.717) is 45.4 Å². The second-order valence-electron chi connectivity index (χ2n) is 7.68. The van der Waals surface area contributed by atoms with E-state index in [-0.39, 0.29) is 11.3 Å². The second-order valence-corrected chi connectivity index (χ2v) is 7.68. The Bertz CT molecular complexity index is 662. The van der Waals surface area contributed by atoms with Crippen LogP contribution >= 0.6 is 0 Å². The van der Waals surface area contributed by atoms with Crippen molar-refractivity contribution in [2.75, 3.05) is 26.2 Å². The monoisotopic (exact) mass is 386 g/mol. The van der Waals surface area contributed by atoms with Crippen LogP contribution in [-0.2, 0) is 16.0 Å². The van der Waals surface area contributed by atoms with Crippen molar-refractivity contribution >= 4 is 11.8 Å². The minimum atomic E-state index is -4.32. The van der Waals surface area contributed by atoms with Crippen LogP contribution in [0.2, 0.25) is 0 Å². The summed E-state index contributed by atoms with van der Waals surface area (Å²) in [6.45, 7) is 2.08. The Kier molecular flexibility index (Phi) is 5.76. The minimum absolute atomic E-state index is 0.0978. The topological polar surface area (TPSA) is 69.3 Å². The van der Waals surface area contributed by atoms with Gasteiger partial charge in [0.1, 0.15) is 0 Å². The van der Waals surface area contributed by atoms with E-state index in [0.717, 1.165) is 18.5 Å². The Balaban J connectivity index is 1.58. The third-order valence-corrected chi connectivity index (χ3v) is 5.59. The quantitative estimate of drug-likeness (QED) is 0.846. The fraction of sp³-hybridized carbons (Fsp3) is 0.722. The molecule has 0 aromatic carbocycles. The van der Waals surface area contributed by atoms with Gasteiger partial charge in [-0.2, -0.15) is 13.2 Å². The molecule has 3 rings (SSSR count). The fourth-order valence-corrected chi connectivity index (χ4v) is 4.14. The van der Waals surface area contributed by atoms with Crippen LogP contribution < -0.4 is 0 Å². The number of carbonyl (C=O) groups excluding carboxylic acids is 2. The van der Waals surface area contributed by atoms with E-state index in [1.807, 2.05) is 4.90 Å². The Morgan fingerprint density at radius 2 is 2.11 bits per heavy atom. The van der Waals surface area contributed by atoms with Crippen LogP contribution in [0.4, 0.5) is 13.2 Å². The summed E-state index contributed by atoms with van der Waals surface area (Å²) in [5.74, 6) is -0.340. The number of hydrogen-bond acceptors (Lipinski definition) is 3. The van der Waals surface area contributed by atoms with Gasteiger partial charge >= 0.3 is 6.18 Å². The first kappa shape index (κ1) is 19.7. The number of likely N-dealkylation sites (tertiary alicyclic amines) is 2. The highest BCUT2D eigenvalue weighted by molar-refractivity contribution is 5.78. The van der Waals surface area contributed by atoms with Crippen LogP contribution in [0.15, 0.2) is 12.5 Å². The van der Waals surface area contributed by atoms with Crippen molar-refractivity contribution in [1.82, 2.24) is 19.8 Å². The van der Waals surface area contributed by atoms with Crippen LogP contribution in [-0.4, -0.2) is 63.9 Å². The van der Waals surface area contributed by atoms with E-state index in [1.165, 1.54) is 0 Å². The standard InChI is InChI=1S/C18H25F3N4O2/c19-18(20,21)7-3-16(27)24-8-1-5-17(11-24)6-2-15(26)25(12-17)9-4-14-10-22-13-23-14/h10,13H,1-9,11-12H2,(H,22,23)/t17-/m1/s1. The number of amides is 2. The van der Waals surface area contributed by atoms with Gasteiger partial charge in [-0.25, -0.2) is 4.98 Å². The van der Waals surface area contributed by atoms with E-state index in [4.69, 9.17) is 0 Å². The highest BCUT2D eigenvalue weighted by atomic mass is 19.4. The summed E-state index contributed by atoms with van der Waals surface area (Å²) in [4.78, 5) is 34.9. The molecular weight excluding hydrogens is 361 g/mol. The van der Waals surface area contributed by atoms with Gasteiger partial charge in [-0.05, 0) is 19.3 Å². The molecular formula is C18H25F3N4O2. The van der Waals surface area contributed by atoms with Crippen molar-refractivity contribution in [1.29, 1.82) is 0 Å². The van der Waals surface area contributed by atoms with Gasteiger partial charge in [0.05, 0.1) is 12.7 Å². The van der Waals surface area contributed by atoms with Crippen molar-refractivity contribution in [3.05, 3.63) is 18.2 Å². The average molecular weight is 386 g/mol. The first-order chi connectivity index (χ1) is 12.8. The molecule has 0 saturated carbocycles. The number of rotatable bonds is 5. The summed E-state index contributed by atoms with van der Waals surface area (Å²) >= 11 is 0. The van der Waals surface area contributed by atoms with Crippen molar-refractivity contribution in [2.45, 2.75) is 51.1 Å². The molecule has 2 aliphatic rings. The number of aromatic amines is 1. The molecule has 2 fully saturated rings. The number of imidazole rings is 1. The fourth-order valence-electron chi connectivity index (χ4n) is 4.14. The van der Waals surface area contributed by atoms with Crippen molar-refractivity contribution < 1.29 is 22.8 Å². The molecule has 0 aliphatic carbocycles. The molecule has 6 nitrogen and oxygen atoms in total. The number of halogens is 3. The Hall–Kier alpha value is -2.06. The zero-order chi connectivity index (χ0) is 19.5. The lowest BCUT2D eigenvalue weighted by Crippen LogP contribution is -2.55. The molecule has 3 heterocycles. The van der Waals surface area contributed by atoms with E-state index < -0.39 is 24.9 Å². The zero-order valence-corrected chi connectivity index (χ0v) is 15.2. The number of nitrogens with zero attached hydrogens (tertiary/aromatic N) is 3. The van der Waals surface area contributed by atoms with Gasteiger partial charge < -0.3 is 14.8 Å². The lowest BCUT2D eigenvalue weighted by molar-refractivity contribution is -0.153. The summed E-state index contributed by atoms with van der Waals surface area (Å²) in [5, 5.41) is 0. The number of hydrogen-bond donors (Lipinski definition) is 1. The van der Waals surface area contributed by atoms with Gasteiger partial charge in [0, 0.05) is 62.7 Å². The van der Waals surface area contributed by atoms with Crippen LogP contribution in [0.25, 0.3) is 0 Å². The maximum absolute atomic E-state index is 12.4. The van der Waals surface area contributed by atoms with Crippen LogP contribution in [0.5, 0.6) is 0 Å². The molecule has 1 atom stereocenters. The number of alkyl halides is 3. The molecule has 1 aromatic rings. The molecule has 0 unspecified atom stereocenters. The lowest BCUT2D eigenvalue weighted by Gasteiger charge is -2.48. The molecule has 27 heavy (non-hydrogen) atoms. The normalized spacial score (nSPS) is 23.9. The largest absolute Gasteiger partial charge is 0.389 e. The van der Waals surface area contributed by atoms with Crippen molar-refractivity contribution in [3.8, 4) is 0 Å². The van der Waals surface area contributed by atoms with Gasteiger partial charge in [0.2, 0.25) is 11.8 Å². The smallest absolute Gasteiger partial charge is 0.348 e. The second kappa shape index (κ2) is 7.90. The van der Waals surface area contributed by atoms with Crippen LogP contribution in [0.3, 0.4) is 0 Å². The SMILES string of the molecule is O=C(CCC(F)(F)F)N1CCC[C@@]2(CCC(=O)N(CCc3cnc[nH]3)C2)C1. The molecule has 150 valence electrons. The van der Waals surface area contributed by atoms with Crippen molar-refractivity contribution in [3.63, 3.8) is 0 Å². The number of H-pyrrole nitrogens is 1. The Labute approximate surface area is 156 Å². The summed E-state index contributed by atoms with van der Waals surface area (Å²) in [6.07, 6.45) is 0.881. The molecule has 1 N–H and O–H groups in total. The molecule has 2 amide bonds. The maximum Gasteiger partial charge on any atom is 0.389 e. The van der Waals surface area contributed by atoms with Crippen LogP contribution in [0.1, 0.15) is 44.2 Å². The summed E-state index contributed by atoms with van der Waals surface area (Å²) in [7, 11) is 0. The number of piperidine rings is 2. The van der Waals surface area contributed by atoms with Gasteiger partial charge in [-0.1, -0.05) is 0 Å². The lowest BCUT2D eigenvalue weighted by atomic mass is 9.73. The van der Waals surface area contributed by atoms with Gasteiger partial charge in [-0.3, -0.25) is 9.59 Å². The molecule has 1 spiro atoms. The van der Waals surface area contributed by atoms with Crippen molar-refractivity contribution in [2.24, 2.45) is 5.41 Å². The van der Waals surface area contributed by atoms with E-state index >= 15 is 0 Å². The summed E-state index contributed by atoms with van der Waals surface area (Å²) in [5.41, 5.74) is 0.753. The highest BCUT2D eigenvalue weighted by Crippen LogP contribution is 2.39. The predicted molar refractivity (Wildman–Crippen MR) is 91.6 cm³/mol. The summed E-state index contributed by atoms with van der Waals surface area (Å²) < 4.78 is 37.2. The molecule has 2 saturated heterocycles. The summed E-state index contributed by atoms with van der Waals surface area (Å²) in [6, 6.07) is 0. The Morgan fingerprint density at radius 3 is 2.81 bits per heavy atom. The van der Waals surface area contributed by atoms with E-state index in [2.05, 4.69) is 9.97 Å². The van der Waals surface area contributed by atoms with Gasteiger partial charge in [0.15, 0.2) is 0 Å². The van der Waals surface area contributed by atoms with E-state index in [1.54, 1.807) is 17.4 Å². The number of aromatic nitrogens is 2. The minimum Gasteiger partial charge on any atom is -0.348 e. The molecule has 9 heteroatoms.